The van der Waals surface area contributed by atoms with E-state index in [1.165, 1.54) is 11.8 Å². The molecule has 0 saturated carbocycles. The van der Waals surface area contributed by atoms with Crippen molar-refractivity contribution >= 4 is 29.2 Å². The monoisotopic (exact) mass is 335 g/mol. The third-order valence-electron chi connectivity index (χ3n) is 4.34. The molecule has 0 radical (unpaired) electrons. The average molecular weight is 335 g/mol. The van der Waals surface area contributed by atoms with Gasteiger partial charge in [-0.05, 0) is 44.0 Å². The summed E-state index contributed by atoms with van der Waals surface area (Å²) in [5.41, 5.74) is 5.49. The van der Waals surface area contributed by atoms with Crippen LogP contribution in [0, 0.1) is 13.8 Å². The fourth-order valence-electron chi connectivity index (χ4n) is 3.13. The summed E-state index contributed by atoms with van der Waals surface area (Å²) in [6.07, 6.45) is 1.26. The number of anilines is 1. The minimum atomic E-state index is -0.657. The van der Waals surface area contributed by atoms with Crippen LogP contribution in [-0.2, 0) is 14.3 Å². The Morgan fingerprint density at radius 2 is 1.88 bits per heavy atom. The highest BCUT2D eigenvalue weighted by atomic mass is 16.6. The molecular weight excluding hydrogens is 314 g/mol. The van der Waals surface area contributed by atoms with Crippen molar-refractivity contribution in [3.8, 4) is 0 Å². The number of nitrogens with zero attached hydrogens (tertiary/aromatic N) is 1. The van der Waals surface area contributed by atoms with Gasteiger partial charge in [-0.3, -0.25) is 14.5 Å². The minimum Gasteiger partial charge on any atom is -0.442 e. The Morgan fingerprint density at radius 3 is 2.60 bits per heavy atom. The number of hydrogen-bond acceptors (Lipinski definition) is 3. The SMILES string of the molecule is CC(=O)OC(C)N1C(=O)C(=Cc2cc(C)ccc2C)c2ccccc21. The standard InChI is InChI=1S/C21H21NO3/c1-13-9-10-14(2)17(11-13)12-19-18-7-5-6-8-20(18)22(21(19)24)15(3)25-16(4)23/h5-12,15H,1-4H3. The van der Waals surface area contributed by atoms with Crippen LogP contribution < -0.4 is 4.90 Å². The average Bonchev–Trinajstić information content (AvgIpc) is 2.83. The number of carbonyl (C=O) groups excluding carboxylic acids is 2. The predicted molar refractivity (Wildman–Crippen MR) is 98.9 cm³/mol. The highest BCUT2D eigenvalue weighted by molar-refractivity contribution is 6.36. The number of ether oxygens (including phenoxy) is 1. The van der Waals surface area contributed by atoms with Gasteiger partial charge >= 0.3 is 5.97 Å². The molecule has 0 saturated heterocycles. The second-order valence-corrected chi connectivity index (χ2v) is 6.32. The molecule has 1 aliphatic heterocycles. The molecule has 4 heteroatoms. The van der Waals surface area contributed by atoms with Gasteiger partial charge in [0, 0.05) is 18.1 Å². The number of para-hydroxylation sites is 1. The highest BCUT2D eigenvalue weighted by Gasteiger charge is 2.36. The number of esters is 1. The third-order valence-corrected chi connectivity index (χ3v) is 4.34. The van der Waals surface area contributed by atoms with Gasteiger partial charge in [-0.25, -0.2) is 0 Å². The lowest BCUT2D eigenvalue weighted by molar-refractivity contribution is -0.145. The molecule has 0 spiro atoms. The summed E-state index contributed by atoms with van der Waals surface area (Å²) in [5, 5.41) is 0. The second-order valence-electron chi connectivity index (χ2n) is 6.32. The Hall–Kier alpha value is -2.88. The lowest BCUT2D eigenvalue weighted by Gasteiger charge is -2.24. The molecule has 0 aliphatic carbocycles. The molecule has 1 amide bonds. The summed E-state index contributed by atoms with van der Waals surface area (Å²) in [6, 6.07) is 13.7. The molecule has 2 aromatic rings. The van der Waals surface area contributed by atoms with Crippen LogP contribution in [0.15, 0.2) is 42.5 Å². The quantitative estimate of drug-likeness (QED) is 0.627. The van der Waals surface area contributed by atoms with Crippen molar-refractivity contribution in [3.05, 3.63) is 64.7 Å². The summed E-state index contributed by atoms with van der Waals surface area (Å²) in [5.74, 6) is -0.569. The van der Waals surface area contributed by atoms with Crippen molar-refractivity contribution in [2.45, 2.75) is 33.9 Å². The minimum absolute atomic E-state index is 0.157. The van der Waals surface area contributed by atoms with Crippen LogP contribution in [0.25, 0.3) is 11.6 Å². The number of amides is 1. The molecule has 128 valence electrons. The van der Waals surface area contributed by atoms with Gasteiger partial charge in [0.25, 0.3) is 5.91 Å². The molecule has 3 rings (SSSR count). The van der Waals surface area contributed by atoms with Crippen molar-refractivity contribution < 1.29 is 14.3 Å². The van der Waals surface area contributed by atoms with Gasteiger partial charge in [-0.2, -0.15) is 0 Å². The number of benzene rings is 2. The molecule has 0 fully saturated rings. The van der Waals surface area contributed by atoms with Crippen molar-refractivity contribution in [2.75, 3.05) is 4.90 Å². The van der Waals surface area contributed by atoms with Crippen LogP contribution in [0.4, 0.5) is 5.69 Å². The van der Waals surface area contributed by atoms with E-state index < -0.39 is 12.2 Å². The number of carbonyl (C=O) groups is 2. The maximum atomic E-state index is 13.1. The van der Waals surface area contributed by atoms with Crippen molar-refractivity contribution in [3.63, 3.8) is 0 Å². The maximum Gasteiger partial charge on any atom is 0.304 e. The van der Waals surface area contributed by atoms with Crippen molar-refractivity contribution in [1.82, 2.24) is 0 Å². The molecule has 1 unspecified atom stereocenters. The van der Waals surface area contributed by atoms with Crippen LogP contribution in [0.1, 0.15) is 36.1 Å². The highest BCUT2D eigenvalue weighted by Crippen LogP contribution is 2.39. The number of aryl methyl sites for hydroxylation is 2. The molecule has 0 bridgehead atoms. The Kier molecular flexibility index (Phi) is 4.45. The van der Waals surface area contributed by atoms with Gasteiger partial charge < -0.3 is 4.74 Å². The van der Waals surface area contributed by atoms with Crippen LogP contribution in [0.2, 0.25) is 0 Å². The first-order valence-corrected chi connectivity index (χ1v) is 8.27. The van der Waals surface area contributed by atoms with E-state index in [9.17, 15) is 9.59 Å². The summed E-state index contributed by atoms with van der Waals surface area (Å²) < 4.78 is 5.24. The fourth-order valence-corrected chi connectivity index (χ4v) is 3.13. The van der Waals surface area contributed by atoms with E-state index in [1.54, 1.807) is 6.92 Å². The molecule has 0 aromatic heterocycles. The summed E-state index contributed by atoms with van der Waals surface area (Å²) >= 11 is 0. The van der Waals surface area contributed by atoms with Crippen LogP contribution in [-0.4, -0.2) is 18.1 Å². The predicted octanol–water partition coefficient (Wildman–Crippen LogP) is 4.10. The van der Waals surface area contributed by atoms with Crippen LogP contribution in [0.3, 0.4) is 0 Å². The smallest absolute Gasteiger partial charge is 0.304 e. The third kappa shape index (κ3) is 3.20. The molecule has 25 heavy (non-hydrogen) atoms. The molecule has 1 heterocycles. The first-order chi connectivity index (χ1) is 11.9. The summed E-state index contributed by atoms with van der Waals surface area (Å²) in [7, 11) is 0. The van der Waals surface area contributed by atoms with E-state index in [0.717, 1.165) is 27.9 Å². The van der Waals surface area contributed by atoms with E-state index in [0.29, 0.717) is 5.57 Å². The van der Waals surface area contributed by atoms with Crippen LogP contribution in [0.5, 0.6) is 0 Å². The van der Waals surface area contributed by atoms with Crippen LogP contribution >= 0.6 is 0 Å². The zero-order valence-electron chi connectivity index (χ0n) is 14.9. The molecule has 4 nitrogen and oxygen atoms in total. The van der Waals surface area contributed by atoms with Gasteiger partial charge in [0.1, 0.15) is 0 Å². The van der Waals surface area contributed by atoms with Crippen molar-refractivity contribution in [1.29, 1.82) is 0 Å². The largest absolute Gasteiger partial charge is 0.442 e. The number of fused-ring (bicyclic) bond motifs is 1. The number of rotatable bonds is 3. The second kappa shape index (κ2) is 6.55. The lowest BCUT2D eigenvalue weighted by atomic mass is 10.00. The van der Waals surface area contributed by atoms with E-state index in [-0.39, 0.29) is 5.91 Å². The fraction of sp³-hybridized carbons (Fsp3) is 0.238. The zero-order valence-corrected chi connectivity index (χ0v) is 14.9. The molecular formula is C21H21NO3. The van der Waals surface area contributed by atoms with Gasteiger partial charge in [-0.1, -0.05) is 42.0 Å². The summed E-state index contributed by atoms with van der Waals surface area (Å²) in [6.45, 7) is 7.10. The molecule has 1 atom stereocenters. The molecule has 2 aromatic carbocycles. The van der Waals surface area contributed by atoms with Gasteiger partial charge in [0.2, 0.25) is 0 Å². The Labute approximate surface area is 147 Å². The van der Waals surface area contributed by atoms with Gasteiger partial charge in [0.15, 0.2) is 6.23 Å². The Balaban J connectivity index is 2.10. The van der Waals surface area contributed by atoms with Gasteiger partial charge in [-0.15, -0.1) is 0 Å². The Bertz CT molecular complexity index is 882. The number of hydrogen-bond donors (Lipinski definition) is 0. The normalized spacial score (nSPS) is 16.1. The lowest BCUT2D eigenvalue weighted by Crippen LogP contribution is -2.38. The van der Waals surface area contributed by atoms with Crippen molar-refractivity contribution in [2.24, 2.45) is 0 Å². The Morgan fingerprint density at radius 1 is 1.16 bits per heavy atom. The van der Waals surface area contributed by atoms with E-state index in [2.05, 4.69) is 12.1 Å². The van der Waals surface area contributed by atoms with E-state index in [1.807, 2.05) is 50.3 Å². The van der Waals surface area contributed by atoms with E-state index in [4.69, 9.17) is 4.74 Å². The summed E-state index contributed by atoms with van der Waals surface area (Å²) in [4.78, 5) is 25.9. The zero-order chi connectivity index (χ0) is 18.1. The topological polar surface area (TPSA) is 46.6 Å². The maximum absolute atomic E-state index is 13.1. The van der Waals surface area contributed by atoms with E-state index >= 15 is 0 Å². The first kappa shape index (κ1) is 17.0. The first-order valence-electron chi connectivity index (χ1n) is 8.27. The molecule has 1 aliphatic rings. The molecule has 0 N–H and O–H groups in total. The van der Waals surface area contributed by atoms with Gasteiger partial charge in [0.05, 0.1) is 5.69 Å².